The van der Waals surface area contributed by atoms with Gasteiger partial charge >= 0.3 is 0 Å². The standard InChI is InChI=1S/C18H25Cl5N2O/c1-2-3-4-5-6-7-8-9-16(26)25-17(18(21,22)23)24-15-11-10-13(19)12-14(15)20/h10-12,17,24H,2-9H2,1H3,(H,25,26). The molecule has 0 heterocycles. The summed E-state index contributed by atoms with van der Waals surface area (Å²) in [6.45, 7) is 2.19. The third-order valence-corrected chi connectivity index (χ3v) is 5.07. The molecule has 1 unspecified atom stereocenters. The second-order valence-electron chi connectivity index (χ2n) is 6.18. The lowest BCUT2D eigenvalue weighted by atomic mass is 10.1. The summed E-state index contributed by atoms with van der Waals surface area (Å²) >= 11 is 30.0. The highest BCUT2D eigenvalue weighted by Gasteiger charge is 2.34. The number of nitrogens with one attached hydrogen (secondary N) is 2. The Morgan fingerprint density at radius 2 is 1.65 bits per heavy atom. The second kappa shape index (κ2) is 12.4. The van der Waals surface area contributed by atoms with Crippen molar-refractivity contribution >= 4 is 69.6 Å². The van der Waals surface area contributed by atoms with Gasteiger partial charge < -0.3 is 10.6 Å². The number of carbonyl (C=O) groups excluding carboxylic acids is 1. The molecule has 2 N–H and O–H groups in total. The van der Waals surface area contributed by atoms with E-state index in [1.54, 1.807) is 18.2 Å². The molecule has 1 aromatic rings. The monoisotopic (exact) mass is 460 g/mol. The molecule has 0 radical (unpaired) electrons. The van der Waals surface area contributed by atoms with Gasteiger partial charge in [0.15, 0.2) is 0 Å². The summed E-state index contributed by atoms with van der Waals surface area (Å²) in [7, 11) is 0. The first kappa shape index (κ1) is 24.0. The fourth-order valence-electron chi connectivity index (χ4n) is 2.44. The summed E-state index contributed by atoms with van der Waals surface area (Å²) in [6, 6.07) is 4.89. The van der Waals surface area contributed by atoms with Crippen LogP contribution in [0.2, 0.25) is 10.0 Å². The maximum atomic E-state index is 12.2. The van der Waals surface area contributed by atoms with Crippen LogP contribution in [0.15, 0.2) is 18.2 Å². The summed E-state index contributed by atoms with van der Waals surface area (Å²) in [4.78, 5) is 12.2. The van der Waals surface area contributed by atoms with E-state index in [4.69, 9.17) is 58.0 Å². The molecule has 0 fully saturated rings. The molecular formula is C18H25Cl5N2O. The Bertz CT molecular complexity index is 563. The molecule has 0 spiro atoms. The summed E-state index contributed by atoms with van der Waals surface area (Å²) in [6.07, 6.45) is 7.41. The number of carbonyl (C=O) groups is 1. The molecule has 0 aromatic heterocycles. The van der Waals surface area contributed by atoms with E-state index < -0.39 is 9.96 Å². The molecule has 1 aromatic carbocycles. The number of amides is 1. The maximum absolute atomic E-state index is 12.2. The first-order valence-corrected chi connectivity index (χ1v) is 10.7. The van der Waals surface area contributed by atoms with Crippen molar-refractivity contribution in [1.29, 1.82) is 0 Å². The number of hydrogen-bond acceptors (Lipinski definition) is 2. The van der Waals surface area contributed by atoms with Crippen molar-refractivity contribution in [3.8, 4) is 0 Å². The van der Waals surface area contributed by atoms with Gasteiger partial charge in [0.1, 0.15) is 6.17 Å². The average molecular weight is 463 g/mol. The minimum Gasteiger partial charge on any atom is -0.361 e. The number of benzene rings is 1. The smallest absolute Gasteiger partial charge is 0.228 e. The molecule has 1 amide bonds. The van der Waals surface area contributed by atoms with E-state index >= 15 is 0 Å². The topological polar surface area (TPSA) is 41.1 Å². The van der Waals surface area contributed by atoms with Crippen LogP contribution in [0.5, 0.6) is 0 Å². The van der Waals surface area contributed by atoms with Crippen molar-refractivity contribution < 1.29 is 4.79 Å². The molecule has 0 saturated carbocycles. The van der Waals surface area contributed by atoms with E-state index in [0.717, 1.165) is 19.3 Å². The van der Waals surface area contributed by atoms with Crippen LogP contribution in [-0.4, -0.2) is 15.9 Å². The molecular weight excluding hydrogens is 437 g/mol. The van der Waals surface area contributed by atoms with Crippen molar-refractivity contribution in [2.45, 2.75) is 68.2 Å². The van der Waals surface area contributed by atoms with Crippen molar-refractivity contribution in [1.82, 2.24) is 5.32 Å². The highest BCUT2D eigenvalue weighted by molar-refractivity contribution is 6.68. The fourth-order valence-corrected chi connectivity index (χ4v) is 3.23. The van der Waals surface area contributed by atoms with Gasteiger partial charge in [0.25, 0.3) is 0 Å². The predicted molar refractivity (Wildman–Crippen MR) is 115 cm³/mol. The van der Waals surface area contributed by atoms with Crippen LogP contribution in [0.1, 0.15) is 58.3 Å². The van der Waals surface area contributed by atoms with E-state index in [0.29, 0.717) is 22.2 Å². The molecule has 26 heavy (non-hydrogen) atoms. The number of alkyl halides is 3. The van der Waals surface area contributed by atoms with Gasteiger partial charge in [-0.05, 0) is 24.6 Å². The van der Waals surface area contributed by atoms with E-state index in [1.165, 1.54) is 25.7 Å². The lowest BCUT2D eigenvalue weighted by Crippen LogP contribution is -2.49. The summed E-state index contributed by atoms with van der Waals surface area (Å²) in [5, 5.41) is 6.54. The lowest BCUT2D eigenvalue weighted by molar-refractivity contribution is -0.121. The normalized spacial score (nSPS) is 12.7. The molecule has 0 bridgehead atoms. The first-order valence-electron chi connectivity index (χ1n) is 8.81. The molecule has 148 valence electrons. The molecule has 0 aliphatic heterocycles. The highest BCUT2D eigenvalue weighted by Crippen LogP contribution is 2.33. The molecule has 1 rings (SSSR count). The number of unbranched alkanes of at least 4 members (excludes halogenated alkanes) is 6. The van der Waals surface area contributed by atoms with Crippen LogP contribution >= 0.6 is 58.0 Å². The van der Waals surface area contributed by atoms with Gasteiger partial charge in [-0.15, -0.1) is 0 Å². The van der Waals surface area contributed by atoms with Crippen molar-refractivity contribution in [2.24, 2.45) is 0 Å². The van der Waals surface area contributed by atoms with Crippen LogP contribution in [0.3, 0.4) is 0 Å². The Morgan fingerprint density at radius 1 is 1.04 bits per heavy atom. The van der Waals surface area contributed by atoms with Crippen molar-refractivity contribution in [3.63, 3.8) is 0 Å². The van der Waals surface area contributed by atoms with Crippen molar-refractivity contribution in [2.75, 3.05) is 5.32 Å². The summed E-state index contributed by atoms with van der Waals surface area (Å²) in [5.41, 5.74) is 0.517. The maximum Gasteiger partial charge on any atom is 0.228 e. The average Bonchev–Trinajstić information content (AvgIpc) is 2.54. The zero-order chi connectivity index (χ0) is 19.6. The minimum absolute atomic E-state index is 0.174. The van der Waals surface area contributed by atoms with Gasteiger partial charge in [-0.1, -0.05) is 103 Å². The highest BCUT2D eigenvalue weighted by atomic mass is 35.6. The van der Waals surface area contributed by atoms with Crippen molar-refractivity contribution in [3.05, 3.63) is 28.2 Å². The van der Waals surface area contributed by atoms with Crippen LogP contribution in [0, 0.1) is 0 Å². The van der Waals surface area contributed by atoms with Crippen LogP contribution in [0.4, 0.5) is 5.69 Å². The van der Waals surface area contributed by atoms with Gasteiger partial charge in [-0.3, -0.25) is 4.79 Å². The largest absolute Gasteiger partial charge is 0.361 e. The summed E-state index contributed by atoms with van der Waals surface area (Å²) < 4.78 is -1.74. The SMILES string of the molecule is CCCCCCCCCC(=O)NC(Nc1ccc(Cl)cc1Cl)C(Cl)(Cl)Cl. The van der Waals surface area contributed by atoms with Gasteiger partial charge in [0.2, 0.25) is 9.70 Å². The minimum atomic E-state index is -1.74. The van der Waals surface area contributed by atoms with Gasteiger partial charge in [-0.25, -0.2) is 0 Å². The van der Waals surface area contributed by atoms with Crippen LogP contribution in [0.25, 0.3) is 0 Å². The third kappa shape index (κ3) is 9.75. The number of rotatable bonds is 11. The summed E-state index contributed by atoms with van der Waals surface area (Å²) in [5.74, 6) is -0.174. The Hall–Kier alpha value is -0.0600. The molecule has 3 nitrogen and oxygen atoms in total. The van der Waals surface area contributed by atoms with Gasteiger partial charge in [-0.2, -0.15) is 0 Å². The molecule has 1 atom stereocenters. The van der Waals surface area contributed by atoms with E-state index in [9.17, 15) is 4.79 Å². The Morgan fingerprint density at radius 3 is 2.23 bits per heavy atom. The number of anilines is 1. The third-order valence-electron chi connectivity index (χ3n) is 3.87. The van der Waals surface area contributed by atoms with E-state index in [1.807, 2.05) is 0 Å². The molecule has 0 saturated heterocycles. The number of hydrogen-bond donors (Lipinski definition) is 2. The Labute approximate surface area is 181 Å². The number of halogens is 5. The molecule has 0 aliphatic rings. The zero-order valence-electron chi connectivity index (χ0n) is 14.8. The zero-order valence-corrected chi connectivity index (χ0v) is 18.5. The van der Waals surface area contributed by atoms with Crippen LogP contribution in [-0.2, 0) is 4.79 Å². The van der Waals surface area contributed by atoms with Crippen LogP contribution < -0.4 is 10.6 Å². The van der Waals surface area contributed by atoms with E-state index in [2.05, 4.69) is 17.6 Å². The first-order chi connectivity index (χ1) is 12.2. The molecule has 8 heteroatoms. The quantitative estimate of drug-likeness (QED) is 0.205. The second-order valence-corrected chi connectivity index (χ2v) is 9.39. The Balaban J connectivity index is 2.48. The Kier molecular flexibility index (Phi) is 11.4. The van der Waals surface area contributed by atoms with Gasteiger partial charge in [0, 0.05) is 11.4 Å². The molecule has 0 aliphatic carbocycles. The van der Waals surface area contributed by atoms with E-state index in [-0.39, 0.29) is 5.91 Å². The van der Waals surface area contributed by atoms with Gasteiger partial charge in [0.05, 0.1) is 10.7 Å². The lowest BCUT2D eigenvalue weighted by Gasteiger charge is -2.28. The fraction of sp³-hybridized carbons (Fsp3) is 0.611. The predicted octanol–water partition coefficient (Wildman–Crippen LogP) is 7.36.